The van der Waals surface area contributed by atoms with Gasteiger partial charge in [-0.05, 0) is 30.5 Å². The first-order valence-electron chi connectivity index (χ1n) is 4.73. The molecule has 0 spiro atoms. The largest absolute Gasteiger partial charge is 0.416 e. The summed E-state index contributed by atoms with van der Waals surface area (Å²) in [5.74, 6) is 0. The van der Waals surface area contributed by atoms with Crippen LogP contribution in [0.1, 0.15) is 24.0 Å². The first kappa shape index (κ1) is 10.5. The van der Waals surface area contributed by atoms with Gasteiger partial charge in [0.1, 0.15) is 6.10 Å². The fourth-order valence-electron chi connectivity index (χ4n) is 1.60. The Kier molecular flexibility index (Phi) is 2.69. The maximum absolute atomic E-state index is 12.4. The van der Waals surface area contributed by atoms with Gasteiger partial charge in [0, 0.05) is 6.61 Å². The molecule has 4 heteroatoms. The summed E-state index contributed by atoms with van der Waals surface area (Å²) >= 11 is 0. The van der Waals surface area contributed by atoms with E-state index in [0.29, 0.717) is 18.3 Å². The maximum atomic E-state index is 12.4. The molecule has 81 valence electrons. The van der Waals surface area contributed by atoms with Crippen molar-refractivity contribution in [3.05, 3.63) is 41.5 Å². The highest BCUT2D eigenvalue weighted by Gasteiger charge is 2.31. The highest BCUT2D eigenvalue weighted by molar-refractivity contribution is 5.33. The van der Waals surface area contributed by atoms with Crippen LogP contribution in [0.15, 0.2) is 24.3 Å². The number of hydrogen-bond acceptors (Lipinski definition) is 1. The van der Waals surface area contributed by atoms with Gasteiger partial charge in [-0.25, -0.2) is 0 Å². The Labute approximate surface area is 85.9 Å². The van der Waals surface area contributed by atoms with E-state index >= 15 is 0 Å². The lowest BCUT2D eigenvalue weighted by Crippen LogP contribution is -2.06. The second-order valence-corrected chi connectivity index (χ2v) is 3.45. The SMILES string of the molecule is FC(F)(F)c1cccc([C]2CCCO2)c1. The Morgan fingerprint density at radius 2 is 2.00 bits per heavy atom. The Morgan fingerprint density at radius 1 is 1.20 bits per heavy atom. The molecular formula is C11H10F3O. The predicted octanol–water partition coefficient (Wildman–Crippen LogP) is 3.40. The Hall–Kier alpha value is -1.03. The van der Waals surface area contributed by atoms with Crippen LogP contribution in [0.2, 0.25) is 0 Å². The summed E-state index contributed by atoms with van der Waals surface area (Å²) in [5.41, 5.74) is -0.0784. The van der Waals surface area contributed by atoms with Gasteiger partial charge in [-0.2, -0.15) is 13.2 Å². The minimum absolute atomic E-state index is 0.544. The molecule has 1 saturated heterocycles. The summed E-state index contributed by atoms with van der Waals surface area (Å²) in [6, 6.07) is 5.27. The van der Waals surface area contributed by atoms with Crippen molar-refractivity contribution in [2.45, 2.75) is 19.0 Å². The summed E-state index contributed by atoms with van der Waals surface area (Å²) in [6.45, 7) is 0.603. The summed E-state index contributed by atoms with van der Waals surface area (Å²) < 4.78 is 42.5. The van der Waals surface area contributed by atoms with E-state index < -0.39 is 11.7 Å². The van der Waals surface area contributed by atoms with Crippen LogP contribution in [0.5, 0.6) is 0 Å². The number of hydrogen-bond donors (Lipinski definition) is 0. The maximum Gasteiger partial charge on any atom is 0.416 e. The molecule has 1 radical (unpaired) electrons. The van der Waals surface area contributed by atoms with E-state index in [1.807, 2.05) is 0 Å². The average molecular weight is 215 g/mol. The molecule has 0 aliphatic carbocycles. The smallest absolute Gasteiger partial charge is 0.367 e. The number of rotatable bonds is 1. The molecule has 0 N–H and O–H groups in total. The molecule has 1 nitrogen and oxygen atoms in total. The van der Waals surface area contributed by atoms with Crippen LogP contribution >= 0.6 is 0 Å². The lowest BCUT2D eigenvalue weighted by atomic mass is 10.0. The second-order valence-electron chi connectivity index (χ2n) is 3.45. The molecule has 1 heterocycles. The van der Waals surface area contributed by atoms with E-state index in [-0.39, 0.29) is 0 Å². The molecule has 0 atom stereocenters. The van der Waals surface area contributed by atoms with Gasteiger partial charge < -0.3 is 4.74 Å². The topological polar surface area (TPSA) is 9.23 Å². The molecule has 0 aromatic heterocycles. The van der Waals surface area contributed by atoms with Gasteiger partial charge in [-0.1, -0.05) is 12.1 Å². The first-order chi connectivity index (χ1) is 7.07. The normalized spacial score (nSPS) is 18.3. The predicted molar refractivity (Wildman–Crippen MR) is 49.0 cm³/mol. The third-order valence-corrected chi connectivity index (χ3v) is 2.34. The number of benzene rings is 1. The van der Waals surface area contributed by atoms with Gasteiger partial charge in [0.15, 0.2) is 0 Å². The van der Waals surface area contributed by atoms with Gasteiger partial charge in [0.05, 0.1) is 5.56 Å². The molecule has 1 fully saturated rings. The minimum atomic E-state index is -4.28. The van der Waals surface area contributed by atoms with Crippen molar-refractivity contribution in [3.63, 3.8) is 0 Å². The number of ether oxygens (including phenoxy) is 1. The molecule has 0 amide bonds. The molecule has 2 rings (SSSR count). The lowest BCUT2D eigenvalue weighted by molar-refractivity contribution is -0.137. The summed E-state index contributed by atoms with van der Waals surface area (Å²) in [7, 11) is 0. The summed E-state index contributed by atoms with van der Waals surface area (Å²) in [4.78, 5) is 0. The molecular weight excluding hydrogens is 205 g/mol. The van der Waals surface area contributed by atoms with Crippen LogP contribution in [0.4, 0.5) is 13.2 Å². The monoisotopic (exact) mass is 215 g/mol. The molecule has 1 aliphatic rings. The quantitative estimate of drug-likeness (QED) is 0.697. The van der Waals surface area contributed by atoms with Crippen LogP contribution in [-0.4, -0.2) is 6.61 Å². The fraction of sp³-hybridized carbons (Fsp3) is 0.364. The van der Waals surface area contributed by atoms with Gasteiger partial charge in [0.2, 0.25) is 0 Å². The lowest BCUT2D eigenvalue weighted by Gasteiger charge is -2.11. The third-order valence-electron chi connectivity index (χ3n) is 2.34. The zero-order valence-electron chi connectivity index (χ0n) is 7.97. The molecule has 0 bridgehead atoms. The van der Waals surface area contributed by atoms with E-state index in [1.54, 1.807) is 6.07 Å². The molecule has 0 saturated carbocycles. The van der Waals surface area contributed by atoms with E-state index in [1.165, 1.54) is 6.07 Å². The van der Waals surface area contributed by atoms with Crippen molar-refractivity contribution in [2.75, 3.05) is 6.61 Å². The van der Waals surface area contributed by atoms with Crippen LogP contribution in [0, 0.1) is 6.10 Å². The fourth-order valence-corrected chi connectivity index (χ4v) is 1.60. The molecule has 15 heavy (non-hydrogen) atoms. The van der Waals surface area contributed by atoms with Crippen LogP contribution in [-0.2, 0) is 10.9 Å². The Balaban J connectivity index is 2.26. The van der Waals surface area contributed by atoms with Crippen molar-refractivity contribution in [1.29, 1.82) is 0 Å². The standard InChI is InChI=1S/C11H10F3O/c12-11(13,14)9-4-1-3-8(7-9)10-5-2-6-15-10/h1,3-4,7H,2,5-6H2. The molecule has 0 unspecified atom stereocenters. The average Bonchev–Trinajstić information content (AvgIpc) is 2.69. The second kappa shape index (κ2) is 3.85. The van der Waals surface area contributed by atoms with Crippen molar-refractivity contribution >= 4 is 0 Å². The van der Waals surface area contributed by atoms with Crippen molar-refractivity contribution < 1.29 is 17.9 Å². The van der Waals surface area contributed by atoms with E-state index in [0.717, 1.165) is 25.0 Å². The van der Waals surface area contributed by atoms with E-state index in [9.17, 15) is 13.2 Å². The molecule has 1 aliphatic heterocycles. The van der Waals surface area contributed by atoms with Crippen LogP contribution in [0.3, 0.4) is 0 Å². The Bertz CT molecular complexity index is 340. The highest BCUT2D eigenvalue weighted by Crippen LogP contribution is 2.33. The van der Waals surface area contributed by atoms with E-state index in [4.69, 9.17) is 4.74 Å². The van der Waals surface area contributed by atoms with Crippen LogP contribution in [0.25, 0.3) is 0 Å². The van der Waals surface area contributed by atoms with E-state index in [2.05, 4.69) is 0 Å². The number of alkyl halides is 3. The zero-order valence-corrected chi connectivity index (χ0v) is 7.97. The van der Waals surface area contributed by atoms with Gasteiger partial charge >= 0.3 is 6.18 Å². The molecule has 1 aromatic rings. The number of halogens is 3. The highest BCUT2D eigenvalue weighted by atomic mass is 19.4. The van der Waals surface area contributed by atoms with Crippen molar-refractivity contribution in [3.8, 4) is 0 Å². The summed E-state index contributed by atoms with van der Waals surface area (Å²) in [6.07, 6.45) is -2.01. The van der Waals surface area contributed by atoms with Crippen molar-refractivity contribution in [1.82, 2.24) is 0 Å². The minimum Gasteiger partial charge on any atom is -0.367 e. The van der Waals surface area contributed by atoms with Crippen LogP contribution < -0.4 is 0 Å². The third kappa shape index (κ3) is 2.31. The van der Waals surface area contributed by atoms with Gasteiger partial charge in [0.25, 0.3) is 0 Å². The first-order valence-corrected chi connectivity index (χ1v) is 4.73. The van der Waals surface area contributed by atoms with Gasteiger partial charge in [-0.3, -0.25) is 0 Å². The Morgan fingerprint density at radius 3 is 2.60 bits per heavy atom. The zero-order chi connectivity index (χ0) is 10.9. The van der Waals surface area contributed by atoms with Gasteiger partial charge in [-0.15, -0.1) is 0 Å². The van der Waals surface area contributed by atoms with Crippen molar-refractivity contribution in [2.24, 2.45) is 0 Å². The molecule has 1 aromatic carbocycles. The summed E-state index contributed by atoms with van der Waals surface area (Å²) in [5, 5.41) is 0.